The molecule has 0 aromatic rings. The van der Waals surface area contributed by atoms with Crippen LogP contribution in [0.4, 0.5) is 0 Å². The first kappa shape index (κ1) is 8.99. The highest BCUT2D eigenvalue weighted by atomic mass is 16.4. The summed E-state index contributed by atoms with van der Waals surface area (Å²) in [5.41, 5.74) is 0. The molecule has 1 saturated heterocycles. The molecule has 0 spiro atoms. The van der Waals surface area contributed by atoms with Gasteiger partial charge >= 0.3 is 11.9 Å². The number of rotatable bonds is 0. The summed E-state index contributed by atoms with van der Waals surface area (Å²) in [6.07, 6.45) is 0. The molecule has 1 fully saturated rings. The Kier molecular flexibility index (Phi) is 2.65. The maximum atomic E-state index is 10.9. The molecule has 12 heavy (non-hydrogen) atoms. The number of carboxylic acid groups (broad SMARTS) is 1. The second-order valence-electron chi connectivity index (χ2n) is 2.91. The quantitative estimate of drug-likeness (QED) is 0.455. The fraction of sp³-hybridized carbons (Fsp3) is 0.714. The van der Waals surface area contributed by atoms with E-state index in [1.165, 1.54) is 4.90 Å². The summed E-state index contributed by atoms with van der Waals surface area (Å²) < 4.78 is 0. The van der Waals surface area contributed by atoms with E-state index in [2.05, 4.69) is 5.32 Å². The van der Waals surface area contributed by atoms with E-state index in [4.69, 9.17) is 5.11 Å². The van der Waals surface area contributed by atoms with Crippen molar-refractivity contribution >= 4 is 11.9 Å². The van der Waals surface area contributed by atoms with Crippen LogP contribution in [-0.2, 0) is 9.59 Å². The summed E-state index contributed by atoms with van der Waals surface area (Å²) in [4.78, 5) is 22.6. The highest BCUT2D eigenvalue weighted by Crippen LogP contribution is 1.98. The second kappa shape index (κ2) is 3.53. The fourth-order valence-electron chi connectivity index (χ4n) is 1.25. The van der Waals surface area contributed by atoms with Crippen LogP contribution in [0.25, 0.3) is 0 Å². The molecule has 0 bridgehead atoms. The zero-order chi connectivity index (χ0) is 9.14. The molecule has 5 heteroatoms. The number of piperazine rings is 1. The number of hydrogen-bond acceptors (Lipinski definition) is 3. The first-order valence-electron chi connectivity index (χ1n) is 3.87. The number of carbonyl (C=O) groups is 2. The van der Waals surface area contributed by atoms with Gasteiger partial charge in [0.05, 0.1) is 0 Å². The Bertz CT molecular complexity index is 205. The SMILES string of the molecule is C[C@H]1CN(C(=O)C(=O)O)CCN1. The Morgan fingerprint density at radius 1 is 1.58 bits per heavy atom. The van der Waals surface area contributed by atoms with E-state index in [0.29, 0.717) is 19.6 Å². The fourth-order valence-corrected chi connectivity index (χ4v) is 1.25. The van der Waals surface area contributed by atoms with Crippen LogP contribution >= 0.6 is 0 Å². The number of nitrogens with zero attached hydrogens (tertiary/aromatic N) is 1. The number of nitrogens with one attached hydrogen (secondary N) is 1. The predicted molar refractivity (Wildman–Crippen MR) is 41.7 cm³/mol. The van der Waals surface area contributed by atoms with Gasteiger partial charge in [-0.3, -0.25) is 4.79 Å². The van der Waals surface area contributed by atoms with Gasteiger partial charge in [0.15, 0.2) is 0 Å². The maximum Gasteiger partial charge on any atom is 0.394 e. The molecule has 2 N–H and O–H groups in total. The van der Waals surface area contributed by atoms with Gasteiger partial charge in [0.25, 0.3) is 0 Å². The van der Waals surface area contributed by atoms with Crippen molar-refractivity contribution in [2.45, 2.75) is 13.0 Å². The van der Waals surface area contributed by atoms with Crippen molar-refractivity contribution in [1.29, 1.82) is 0 Å². The molecule has 0 saturated carbocycles. The molecule has 0 unspecified atom stereocenters. The highest BCUT2D eigenvalue weighted by Gasteiger charge is 2.24. The number of aliphatic carboxylic acids is 1. The van der Waals surface area contributed by atoms with Gasteiger partial charge in [-0.2, -0.15) is 0 Å². The Labute approximate surface area is 70.4 Å². The standard InChI is InChI=1S/C7H12N2O3/c1-5-4-9(3-2-8-5)6(10)7(11)12/h5,8H,2-4H2,1H3,(H,11,12)/t5-/m0/s1. The van der Waals surface area contributed by atoms with Crippen molar-refractivity contribution in [3.05, 3.63) is 0 Å². The lowest BCUT2D eigenvalue weighted by Gasteiger charge is -2.30. The van der Waals surface area contributed by atoms with Crippen molar-refractivity contribution in [1.82, 2.24) is 10.2 Å². The lowest BCUT2D eigenvalue weighted by molar-refractivity contribution is -0.156. The average molecular weight is 172 g/mol. The van der Waals surface area contributed by atoms with Gasteiger partial charge in [0, 0.05) is 25.7 Å². The molecular weight excluding hydrogens is 160 g/mol. The molecular formula is C7H12N2O3. The normalized spacial score (nSPS) is 23.8. The molecule has 5 nitrogen and oxygen atoms in total. The Balaban J connectivity index is 2.51. The van der Waals surface area contributed by atoms with Gasteiger partial charge in [-0.25, -0.2) is 4.79 Å². The van der Waals surface area contributed by atoms with Crippen LogP contribution < -0.4 is 5.32 Å². The van der Waals surface area contributed by atoms with Crippen molar-refractivity contribution in [2.24, 2.45) is 0 Å². The zero-order valence-corrected chi connectivity index (χ0v) is 6.91. The summed E-state index contributed by atoms with van der Waals surface area (Å²) in [7, 11) is 0. The van der Waals surface area contributed by atoms with Crippen LogP contribution in [0, 0.1) is 0 Å². The van der Waals surface area contributed by atoms with Gasteiger partial charge in [0.2, 0.25) is 0 Å². The summed E-state index contributed by atoms with van der Waals surface area (Å²) in [6, 6.07) is 0.182. The van der Waals surface area contributed by atoms with Crippen molar-refractivity contribution < 1.29 is 14.7 Å². The summed E-state index contributed by atoms with van der Waals surface area (Å²) in [6.45, 7) is 3.54. The minimum absolute atomic E-state index is 0.182. The Morgan fingerprint density at radius 3 is 2.75 bits per heavy atom. The molecule has 1 atom stereocenters. The molecule has 1 rings (SSSR count). The lowest BCUT2D eigenvalue weighted by Crippen LogP contribution is -2.52. The van der Waals surface area contributed by atoms with Crippen LogP contribution in [0.1, 0.15) is 6.92 Å². The van der Waals surface area contributed by atoms with Gasteiger partial charge in [-0.1, -0.05) is 0 Å². The Morgan fingerprint density at radius 2 is 2.25 bits per heavy atom. The Hall–Kier alpha value is -1.10. The van der Waals surface area contributed by atoms with Gasteiger partial charge < -0.3 is 15.3 Å². The number of carboxylic acids is 1. The van der Waals surface area contributed by atoms with Crippen molar-refractivity contribution in [3.8, 4) is 0 Å². The number of amides is 1. The molecule has 1 heterocycles. The molecule has 0 aliphatic carbocycles. The summed E-state index contributed by atoms with van der Waals surface area (Å²) in [5, 5.41) is 11.5. The van der Waals surface area contributed by atoms with E-state index >= 15 is 0 Å². The van der Waals surface area contributed by atoms with E-state index in [9.17, 15) is 9.59 Å². The van der Waals surface area contributed by atoms with Crippen LogP contribution in [0.3, 0.4) is 0 Å². The molecule has 0 radical (unpaired) electrons. The van der Waals surface area contributed by atoms with E-state index in [0.717, 1.165) is 0 Å². The van der Waals surface area contributed by atoms with E-state index in [1.54, 1.807) is 0 Å². The number of carbonyl (C=O) groups excluding carboxylic acids is 1. The first-order valence-corrected chi connectivity index (χ1v) is 3.87. The minimum Gasteiger partial charge on any atom is -0.474 e. The first-order chi connectivity index (χ1) is 5.61. The second-order valence-corrected chi connectivity index (χ2v) is 2.91. The van der Waals surface area contributed by atoms with Gasteiger partial charge in [0.1, 0.15) is 0 Å². The third-order valence-corrected chi connectivity index (χ3v) is 1.84. The monoisotopic (exact) mass is 172 g/mol. The predicted octanol–water partition coefficient (Wildman–Crippen LogP) is -1.11. The van der Waals surface area contributed by atoms with Crippen molar-refractivity contribution in [2.75, 3.05) is 19.6 Å². The summed E-state index contributed by atoms with van der Waals surface area (Å²) >= 11 is 0. The maximum absolute atomic E-state index is 10.9. The van der Waals surface area contributed by atoms with Gasteiger partial charge in [-0.05, 0) is 6.92 Å². The molecule has 1 aliphatic rings. The van der Waals surface area contributed by atoms with Gasteiger partial charge in [-0.15, -0.1) is 0 Å². The molecule has 68 valence electrons. The van der Waals surface area contributed by atoms with Crippen molar-refractivity contribution in [3.63, 3.8) is 0 Å². The molecule has 0 aromatic heterocycles. The smallest absolute Gasteiger partial charge is 0.394 e. The zero-order valence-electron chi connectivity index (χ0n) is 6.91. The van der Waals surface area contributed by atoms with Crippen LogP contribution in [0.15, 0.2) is 0 Å². The molecule has 1 amide bonds. The average Bonchev–Trinajstić information content (AvgIpc) is 2.03. The molecule has 0 aromatic carbocycles. The summed E-state index contributed by atoms with van der Waals surface area (Å²) in [5.74, 6) is -2.17. The highest BCUT2D eigenvalue weighted by molar-refractivity contribution is 6.31. The van der Waals surface area contributed by atoms with E-state index in [-0.39, 0.29) is 6.04 Å². The third-order valence-electron chi connectivity index (χ3n) is 1.84. The third kappa shape index (κ3) is 1.94. The van der Waals surface area contributed by atoms with E-state index in [1.807, 2.05) is 6.92 Å². The lowest BCUT2D eigenvalue weighted by atomic mass is 10.2. The van der Waals surface area contributed by atoms with E-state index < -0.39 is 11.9 Å². The topological polar surface area (TPSA) is 69.6 Å². The molecule has 1 aliphatic heterocycles. The van der Waals surface area contributed by atoms with Crippen LogP contribution in [-0.4, -0.2) is 47.6 Å². The van der Waals surface area contributed by atoms with Crippen LogP contribution in [0.5, 0.6) is 0 Å². The largest absolute Gasteiger partial charge is 0.474 e. The minimum atomic E-state index is -1.37. The number of hydrogen-bond donors (Lipinski definition) is 2. The van der Waals surface area contributed by atoms with Crippen LogP contribution in [0.2, 0.25) is 0 Å².